The Balaban J connectivity index is 2.52. The van der Waals surface area contributed by atoms with Crippen LogP contribution in [0.2, 0.25) is 0 Å². The second-order valence-corrected chi connectivity index (χ2v) is 5.75. The highest BCUT2D eigenvalue weighted by Crippen LogP contribution is 2.17. The van der Waals surface area contributed by atoms with Gasteiger partial charge in [0, 0.05) is 13.1 Å². The zero-order chi connectivity index (χ0) is 16.2. The third-order valence-corrected chi connectivity index (χ3v) is 3.15. The van der Waals surface area contributed by atoms with E-state index in [1.54, 1.807) is 4.68 Å². The molecule has 0 radical (unpaired) electrons. The first-order chi connectivity index (χ1) is 9.70. The number of aryl methyl sites for hydroxylation is 2. The van der Waals surface area contributed by atoms with Gasteiger partial charge in [-0.25, -0.2) is 0 Å². The highest BCUT2D eigenvalue weighted by atomic mass is 16.2. The number of likely N-dealkylation sites (N-methyl/N-ethyl adjacent to an activating group) is 1. The van der Waals surface area contributed by atoms with Crippen LogP contribution in [0.4, 0.5) is 5.69 Å². The fourth-order valence-corrected chi connectivity index (χ4v) is 2.12. The third-order valence-electron chi connectivity index (χ3n) is 3.15. The Bertz CT molecular complexity index is 522. The Morgan fingerprint density at radius 2 is 1.81 bits per heavy atom. The second kappa shape index (κ2) is 7.21. The van der Waals surface area contributed by atoms with E-state index < -0.39 is 0 Å². The van der Waals surface area contributed by atoms with Crippen LogP contribution in [0.3, 0.4) is 0 Å². The molecule has 1 aromatic heterocycles. The maximum atomic E-state index is 12.0. The molecule has 0 aliphatic carbocycles. The van der Waals surface area contributed by atoms with Crippen LogP contribution < -0.4 is 15.5 Å². The van der Waals surface area contributed by atoms with Crippen LogP contribution in [0.5, 0.6) is 0 Å². The van der Waals surface area contributed by atoms with Gasteiger partial charge in [0.1, 0.15) is 0 Å². The molecule has 0 aliphatic heterocycles. The van der Waals surface area contributed by atoms with E-state index in [0.717, 1.165) is 22.0 Å². The predicted octanol–water partition coefficient (Wildman–Crippen LogP) is -0.985. The minimum atomic E-state index is -0.121. The number of nitrogens with zero attached hydrogens (tertiary/aromatic N) is 2. The Morgan fingerprint density at radius 1 is 1.24 bits per heavy atom. The van der Waals surface area contributed by atoms with Gasteiger partial charge in [-0.15, -0.1) is 0 Å². The van der Waals surface area contributed by atoms with Crippen LogP contribution >= 0.6 is 0 Å². The summed E-state index contributed by atoms with van der Waals surface area (Å²) in [7, 11) is 3.66. The number of anilines is 1. The van der Waals surface area contributed by atoms with E-state index in [9.17, 15) is 9.59 Å². The Labute approximate surface area is 125 Å². The van der Waals surface area contributed by atoms with Gasteiger partial charge in [-0.05, 0) is 27.7 Å². The van der Waals surface area contributed by atoms with E-state index in [0.29, 0.717) is 0 Å². The van der Waals surface area contributed by atoms with Crippen molar-refractivity contribution in [2.45, 2.75) is 33.7 Å². The minimum Gasteiger partial charge on any atom is -0.349 e. The molecule has 21 heavy (non-hydrogen) atoms. The van der Waals surface area contributed by atoms with Crippen LogP contribution in [-0.2, 0) is 16.6 Å². The number of carbonyl (C=O) groups excluding carboxylic acids is 2. The maximum Gasteiger partial charge on any atom is 0.279 e. The van der Waals surface area contributed by atoms with E-state index in [4.69, 9.17) is 0 Å². The number of hydrogen-bond acceptors (Lipinski definition) is 3. The number of aromatic nitrogens is 2. The lowest BCUT2D eigenvalue weighted by atomic mass is 10.3. The second-order valence-electron chi connectivity index (χ2n) is 5.75. The van der Waals surface area contributed by atoms with Crippen molar-refractivity contribution in [3.8, 4) is 0 Å². The van der Waals surface area contributed by atoms with E-state index >= 15 is 0 Å². The Hall–Kier alpha value is -1.89. The topological polar surface area (TPSA) is 80.5 Å². The van der Waals surface area contributed by atoms with Crippen LogP contribution in [0.1, 0.15) is 25.2 Å². The van der Waals surface area contributed by atoms with Gasteiger partial charge in [-0.3, -0.25) is 14.3 Å². The molecule has 1 rings (SSSR count). The molecule has 0 saturated carbocycles. The summed E-state index contributed by atoms with van der Waals surface area (Å²) in [5, 5.41) is 9.94. The van der Waals surface area contributed by atoms with Gasteiger partial charge in [0.2, 0.25) is 0 Å². The summed E-state index contributed by atoms with van der Waals surface area (Å²) in [5.74, 6) is -0.173. The molecule has 118 valence electrons. The fraction of sp³-hybridized carbons (Fsp3) is 0.643. The number of carbonyl (C=O) groups is 2. The molecule has 1 aromatic rings. The molecule has 0 bridgehead atoms. The lowest BCUT2D eigenvalue weighted by molar-refractivity contribution is -0.862. The molecule has 0 saturated heterocycles. The van der Waals surface area contributed by atoms with Crippen molar-refractivity contribution < 1.29 is 14.5 Å². The largest absolute Gasteiger partial charge is 0.349 e. The first-order valence-corrected chi connectivity index (χ1v) is 7.11. The molecular formula is C14H26N5O2+. The van der Waals surface area contributed by atoms with E-state index in [1.807, 2.05) is 41.8 Å². The van der Waals surface area contributed by atoms with Gasteiger partial charge >= 0.3 is 0 Å². The van der Waals surface area contributed by atoms with Crippen molar-refractivity contribution in [3.05, 3.63) is 11.4 Å². The van der Waals surface area contributed by atoms with Crippen molar-refractivity contribution in [2.24, 2.45) is 7.05 Å². The quantitative estimate of drug-likeness (QED) is 0.631. The molecule has 2 amide bonds. The average Bonchev–Trinajstić information content (AvgIpc) is 2.54. The number of nitrogens with one attached hydrogen (secondary N) is 3. The SMILES string of the molecule is Cc1nn(C)c(C)c1NC(=O)C[NH+](C)CC(=O)NC(C)C. The van der Waals surface area contributed by atoms with Gasteiger partial charge in [-0.2, -0.15) is 5.10 Å². The lowest BCUT2D eigenvalue weighted by Crippen LogP contribution is -3.11. The van der Waals surface area contributed by atoms with Crippen molar-refractivity contribution in [1.29, 1.82) is 0 Å². The van der Waals surface area contributed by atoms with E-state index in [2.05, 4.69) is 15.7 Å². The molecule has 7 nitrogen and oxygen atoms in total. The average molecular weight is 296 g/mol. The maximum absolute atomic E-state index is 12.0. The van der Waals surface area contributed by atoms with Crippen LogP contribution in [0, 0.1) is 13.8 Å². The normalized spacial score (nSPS) is 12.3. The van der Waals surface area contributed by atoms with Crippen LogP contribution in [-0.4, -0.2) is 47.8 Å². The van der Waals surface area contributed by atoms with Crippen molar-refractivity contribution in [2.75, 3.05) is 25.5 Å². The van der Waals surface area contributed by atoms with Crippen molar-refractivity contribution >= 4 is 17.5 Å². The van der Waals surface area contributed by atoms with Crippen molar-refractivity contribution in [1.82, 2.24) is 15.1 Å². The molecule has 3 N–H and O–H groups in total. The number of rotatable bonds is 6. The third kappa shape index (κ3) is 5.18. The van der Waals surface area contributed by atoms with Crippen LogP contribution in [0.15, 0.2) is 0 Å². The summed E-state index contributed by atoms with van der Waals surface area (Å²) >= 11 is 0. The number of amides is 2. The molecule has 0 aliphatic rings. The van der Waals surface area contributed by atoms with Gasteiger partial charge in [0.05, 0.1) is 24.1 Å². The van der Waals surface area contributed by atoms with Gasteiger partial charge in [0.15, 0.2) is 13.1 Å². The van der Waals surface area contributed by atoms with Crippen LogP contribution in [0.25, 0.3) is 0 Å². The summed E-state index contributed by atoms with van der Waals surface area (Å²) in [4.78, 5) is 24.5. The standard InChI is InChI=1S/C14H25N5O2/c1-9(2)15-12(20)7-18(5)8-13(21)16-14-10(3)17-19(6)11(14)4/h9H,7-8H2,1-6H3,(H,15,20)(H,16,21)/p+1. The smallest absolute Gasteiger partial charge is 0.279 e. The number of hydrogen-bond donors (Lipinski definition) is 3. The molecular weight excluding hydrogens is 270 g/mol. The van der Waals surface area contributed by atoms with Gasteiger partial charge in [0.25, 0.3) is 11.8 Å². The van der Waals surface area contributed by atoms with E-state index in [-0.39, 0.29) is 30.9 Å². The summed E-state index contributed by atoms with van der Waals surface area (Å²) in [5.41, 5.74) is 2.46. The summed E-state index contributed by atoms with van der Waals surface area (Å²) in [6, 6.07) is 0.111. The van der Waals surface area contributed by atoms with E-state index in [1.165, 1.54) is 0 Å². The minimum absolute atomic E-state index is 0.0518. The summed E-state index contributed by atoms with van der Waals surface area (Å²) < 4.78 is 1.73. The molecule has 0 aromatic carbocycles. The fourth-order valence-electron chi connectivity index (χ4n) is 2.12. The van der Waals surface area contributed by atoms with Crippen molar-refractivity contribution in [3.63, 3.8) is 0 Å². The molecule has 1 unspecified atom stereocenters. The molecule has 0 fully saturated rings. The highest BCUT2D eigenvalue weighted by molar-refractivity contribution is 5.92. The monoisotopic (exact) mass is 296 g/mol. The summed E-state index contributed by atoms with van der Waals surface area (Å²) in [6.45, 7) is 8.09. The number of quaternary nitrogens is 1. The first kappa shape index (κ1) is 17.2. The molecule has 7 heteroatoms. The zero-order valence-corrected chi connectivity index (χ0v) is 13.7. The Kier molecular flexibility index (Phi) is 5.90. The first-order valence-electron chi connectivity index (χ1n) is 7.11. The van der Waals surface area contributed by atoms with Gasteiger partial charge < -0.3 is 15.5 Å². The molecule has 1 atom stereocenters. The predicted molar refractivity (Wildman–Crippen MR) is 81.2 cm³/mol. The lowest BCUT2D eigenvalue weighted by Gasteiger charge is -2.15. The van der Waals surface area contributed by atoms with Gasteiger partial charge in [-0.1, -0.05) is 0 Å². The highest BCUT2D eigenvalue weighted by Gasteiger charge is 2.17. The summed E-state index contributed by atoms with van der Waals surface area (Å²) in [6.07, 6.45) is 0. The zero-order valence-electron chi connectivity index (χ0n) is 13.7. The Morgan fingerprint density at radius 3 is 2.29 bits per heavy atom. The molecule has 0 spiro atoms. The molecule has 1 heterocycles.